The Balaban J connectivity index is 2.46. The molecule has 0 aliphatic rings. The Morgan fingerprint density at radius 1 is 1.47 bits per heavy atom. The first-order valence-corrected chi connectivity index (χ1v) is 5.79. The van der Waals surface area contributed by atoms with Crippen LogP contribution < -0.4 is 0 Å². The number of nitrogens with zero attached hydrogens (tertiary/aromatic N) is 3. The van der Waals surface area contributed by atoms with E-state index in [-0.39, 0.29) is 12.2 Å². The summed E-state index contributed by atoms with van der Waals surface area (Å²) in [7, 11) is 0. The molecule has 1 aromatic heterocycles. The third-order valence-electron chi connectivity index (χ3n) is 2.71. The molecule has 2 rings (SSSR count). The third-order valence-corrected chi connectivity index (χ3v) is 2.71. The first-order valence-electron chi connectivity index (χ1n) is 5.79. The molecule has 1 unspecified atom stereocenters. The lowest BCUT2D eigenvalue weighted by molar-refractivity contribution is -0.146. The topological polar surface area (TPSA) is 94.3 Å². The number of carbonyl (C=O) groups is 2. The summed E-state index contributed by atoms with van der Waals surface area (Å²) in [6, 6.07) is 3.78. The van der Waals surface area contributed by atoms with Gasteiger partial charge < -0.3 is 9.84 Å². The predicted molar refractivity (Wildman–Crippen MR) is 65.8 cm³/mol. The number of aromatic carboxylic acids is 1. The minimum absolute atomic E-state index is 0.118. The summed E-state index contributed by atoms with van der Waals surface area (Å²) in [4.78, 5) is 22.6. The molecule has 1 atom stereocenters. The van der Waals surface area contributed by atoms with Crippen LogP contribution in [0.2, 0.25) is 0 Å². The van der Waals surface area contributed by atoms with Crippen molar-refractivity contribution in [3.8, 4) is 0 Å². The summed E-state index contributed by atoms with van der Waals surface area (Å²) in [6.45, 7) is 3.61. The first kappa shape index (κ1) is 13.0. The second-order valence-corrected chi connectivity index (χ2v) is 3.97. The minimum atomic E-state index is -1.04. The number of hydrogen-bond acceptors (Lipinski definition) is 5. The summed E-state index contributed by atoms with van der Waals surface area (Å²) in [6.07, 6.45) is 0. The zero-order valence-corrected chi connectivity index (χ0v) is 10.5. The third kappa shape index (κ3) is 2.40. The molecule has 100 valence electrons. The van der Waals surface area contributed by atoms with E-state index in [4.69, 9.17) is 9.84 Å². The van der Waals surface area contributed by atoms with E-state index < -0.39 is 18.0 Å². The molecule has 0 saturated heterocycles. The van der Waals surface area contributed by atoms with E-state index in [2.05, 4.69) is 10.3 Å². The van der Waals surface area contributed by atoms with Gasteiger partial charge >= 0.3 is 11.9 Å². The summed E-state index contributed by atoms with van der Waals surface area (Å²) in [5.74, 6) is -1.48. The fourth-order valence-electron chi connectivity index (χ4n) is 1.72. The van der Waals surface area contributed by atoms with E-state index in [1.54, 1.807) is 19.9 Å². The maximum atomic E-state index is 11.7. The van der Waals surface area contributed by atoms with Crippen molar-refractivity contribution in [1.82, 2.24) is 15.0 Å². The zero-order chi connectivity index (χ0) is 14.0. The smallest absolute Gasteiger partial charge is 0.335 e. The van der Waals surface area contributed by atoms with Crippen LogP contribution in [0.5, 0.6) is 0 Å². The fourth-order valence-corrected chi connectivity index (χ4v) is 1.72. The van der Waals surface area contributed by atoms with Crippen LogP contribution in [0, 0.1) is 0 Å². The standard InChI is InChI=1S/C12H13N3O4/c1-3-19-12(18)7(2)15-10-6-8(11(16)17)4-5-9(10)13-14-15/h4-7H,3H2,1-2H3,(H,16,17). The van der Waals surface area contributed by atoms with Gasteiger partial charge in [-0.25, -0.2) is 14.3 Å². The van der Waals surface area contributed by atoms with Crippen molar-refractivity contribution in [1.29, 1.82) is 0 Å². The van der Waals surface area contributed by atoms with Gasteiger partial charge in [-0.1, -0.05) is 5.21 Å². The van der Waals surface area contributed by atoms with Gasteiger partial charge in [-0.05, 0) is 32.0 Å². The molecule has 1 N–H and O–H groups in total. The van der Waals surface area contributed by atoms with Gasteiger partial charge in [-0.3, -0.25) is 0 Å². The lowest BCUT2D eigenvalue weighted by Crippen LogP contribution is -2.20. The van der Waals surface area contributed by atoms with E-state index in [0.717, 1.165) is 0 Å². The van der Waals surface area contributed by atoms with E-state index >= 15 is 0 Å². The van der Waals surface area contributed by atoms with Gasteiger partial charge in [0.2, 0.25) is 0 Å². The van der Waals surface area contributed by atoms with Crippen LogP contribution in [0.25, 0.3) is 11.0 Å². The van der Waals surface area contributed by atoms with Crippen LogP contribution in [-0.4, -0.2) is 38.6 Å². The number of carboxylic acid groups (broad SMARTS) is 1. The van der Waals surface area contributed by atoms with Crippen molar-refractivity contribution in [3.63, 3.8) is 0 Å². The van der Waals surface area contributed by atoms with Gasteiger partial charge in [0.05, 0.1) is 17.7 Å². The summed E-state index contributed by atoms with van der Waals surface area (Å²) in [5.41, 5.74) is 1.13. The second kappa shape index (κ2) is 5.05. The Morgan fingerprint density at radius 2 is 2.21 bits per heavy atom. The highest BCUT2D eigenvalue weighted by Crippen LogP contribution is 2.18. The van der Waals surface area contributed by atoms with Gasteiger partial charge in [0, 0.05) is 0 Å². The van der Waals surface area contributed by atoms with E-state index in [1.807, 2.05) is 0 Å². The van der Waals surface area contributed by atoms with Crippen molar-refractivity contribution < 1.29 is 19.4 Å². The van der Waals surface area contributed by atoms with Gasteiger partial charge in [0.1, 0.15) is 11.6 Å². The molecule has 7 nitrogen and oxygen atoms in total. The summed E-state index contributed by atoms with van der Waals surface area (Å²) in [5, 5.41) is 16.7. The highest BCUT2D eigenvalue weighted by Gasteiger charge is 2.20. The molecule has 0 saturated carbocycles. The van der Waals surface area contributed by atoms with E-state index in [0.29, 0.717) is 11.0 Å². The summed E-state index contributed by atoms with van der Waals surface area (Å²) >= 11 is 0. The molecule has 0 aliphatic heterocycles. The van der Waals surface area contributed by atoms with Gasteiger partial charge in [0.25, 0.3) is 0 Å². The molecule has 1 aromatic carbocycles. The molecule has 19 heavy (non-hydrogen) atoms. The van der Waals surface area contributed by atoms with Crippen LogP contribution in [-0.2, 0) is 9.53 Å². The number of hydrogen-bond donors (Lipinski definition) is 1. The van der Waals surface area contributed by atoms with Crippen molar-refractivity contribution in [2.45, 2.75) is 19.9 Å². The highest BCUT2D eigenvalue weighted by atomic mass is 16.5. The Hall–Kier alpha value is -2.44. The average molecular weight is 263 g/mol. The molecule has 2 aromatic rings. The lowest BCUT2D eigenvalue weighted by Gasteiger charge is -2.11. The first-order chi connectivity index (χ1) is 9.04. The molecule has 0 spiro atoms. The van der Waals surface area contributed by atoms with Crippen LogP contribution >= 0.6 is 0 Å². The molecule has 0 aliphatic carbocycles. The average Bonchev–Trinajstić information content (AvgIpc) is 2.80. The number of fused-ring (bicyclic) bond motifs is 1. The van der Waals surface area contributed by atoms with E-state index in [1.165, 1.54) is 16.8 Å². The maximum absolute atomic E-state index is 11.7. The lowest BCUT2D eigenvalue weighted by atomic mass is 10.2. The number of carbonyl (C=O) groups excluding carboxylic acids is 1. The van der Waals surface area contributed by atoms with Crippen molar-refractivity contribution in [3.05, 3.63) is 23.8 Å². The van der Waals surface area contributed by atoms with Crippen LogP contribution in [0.15, 0.2) is 18.2 Å². The molecule has 0 bridgehead atoms. The summed E-state index contributed by atoms with van der Waals surface area (Å²) < 4.78 is 6.27. The zero-order valence-electron chi connectivity index (χ0n) is 10.5. The van der Waals surface area contributed by atoms with E-state index in [9.17, 15) is 9.59 Å². The molecular formula is C12H13N3O4. The molecule has 1 heterocycles. The Labute approximate surface area is 108 Å². The molecule has 0 radical (unpaired) electrons. The normalized spacial score (nSPS) is 12.3. The number of rotatable bonds is 4. The number of esters is 1. The minimum Gasteiger partial charge on any atom is -0.478 e. The number of ether oxygens (including phenoxy) is 1. The maximum Gasteiger partial charge on any atom is 0.335 e. The number of benzene rings is 1. The molecule has 7 heteroatoms. The van der Waals surface area contributed by atoms with Crippen LogP contribution in [0.1, 0.15) is 30.2 Å². The van der Waals surface area contributed by atoms with Crippen molar-refractivity contribution >= 4 is 23.0 Å². The monoisotopic (exact) mass is 263 g/mol. The Bertz CT molecular complexity index is 635. The number of carboxylic acids is 1. The van der Waals surface area contributed by atoms with Crippen molar-refractivity contribution in [2.24, 2.45) is 0 Å². The van der Waals surface area contributed by atoms with Crippen LogP contribution in [0.4, 0.5) is 0 Å². The predicted octanol–water partition coefficient (Wildman–Crippen LogP) is 1.25. The van der Waals surface area contributed by atoms with Gasteiger partial charge in [0.15, 0.2) is 0 Å². The molecule has 0 amide bonds. The fraction of sp³-hybridized carbons (Fsp3) is 0.333. The number of aromatic nitrogens is 3. The largest absolute Gasteiger partial charge is 0.478 e. The van der Waals surface area contributed by atoms with Crippen LogP contribution in [0.3, 0.4) is 0 Å². The quantitative estimate of drug-likeness (QED) is 0.834. The van der Waals surface area contributed by atoms with Gasteiger partial charge in [-0.15, -0.1) is 5.10 Å². The van der Waals surface area contributed by atoms with Crippen molar-refractivity contribution in [2.75, 3.05) is 6.61 Å². The van der Waals surface area contributed by atoms with Gasteiger partial charge in [-0.2, -0.15) is 0 Å². The second-order valence-electron chi connectivity index (χ2n) is 3.97. The molecular weight excluding hydrogens is 250 g/mol. The Morgan fingerprint density at radius 3 is 2.84 bits per heavy atom. The molecule has 0 fully saturated rings. The Kier molecular flexibility index (Phi) is 3.46. The SMILES string of the molecule is CCOC(=O)C(C)n1nnc2ccc(C(=O)O)cc21. The highest BCUT2D eigenvalue weighted by molar-refractivity contribution is 5.92.